The van der Waals surface area contributed by atoms with Crippen LogP contribution in [0.1, 0.15) is 24.5 Å². The Kier molecular flexibility index (Phi) is 2.43. The number of hydrogen-bond acceptors (Lipinski definition) is 2. The van der Waals surface area contributed by atoms with Gasteiger partial charge in [0, 0.05) is 30.4 Å². The van der Waals surface area contributed by atoms with Crippen LogP contribution in [0.5, 0.6) is 0 Å². The molecule has 0 radical (unpaired) electrons. The molecule has 0 saturated heterocycles. The van der Waals surface area contributed by atoms with E-state index in [1.807, 2.05) is 0 Å². The molecule has 0 atom stereocenters. The first-order chi connectivity index (χ1) is 8.61. The van der Waals surface area contributed by atoms with E-state index in [-0.39, 0.29) is 10.9 Å². The number of aromatic nitrogens is 1. The highest BCUT2D eigenvalue weighted by atomic mass is 19.2. The molecule has 1 aromatic carbocycles. The standard InChI is InChI=1S/C13H11F3N2/c1-17-9-5-8(6-2-3-6)18-10-4-7(14)12(15)13(16)11(9)10/h4-6H,2-3H2,1H3,(H,17,18). The summed E-state index contributed by atoms with van der Waals surface area (Å²) in [6.45, 7) is 0. The fourth-order valence-corrected chi connectivity index (χ4v) is 2.10. The fourth-order valence-electron chi connectivity index (χ4n) is 2.10. The summed E-state index contributed by atoms with van der Waals surface area (Å²) < 4.78 is 40.2. The zero-order valence-corrected chi connectivity index (χ0v) is 9.73. The second-order valence-corrected chi connectivity index (χ2v) is 4.50. The Labute approximate surface area is 102 Å². The van der Waals surface area contributed by atoms with Crippen molar-refractivity contribution in [1.29, 1.82) is 0 Å². The first-order valence-corrected chi connectivity index (χ1v) is 5.77. The van der Waals surface area contributed by atoms with Crippen LogP contribution in [0, 0.1) is 17.5 Å². The maximum atomic E-state index is 13.8. The molecule has 1 fully saturated rings. The molecule has 5 heteroatoms. The zero-order chi connectivity index (χ0) is 12.9. The van der Waals surface area contributed by atoms with Crippen molar-refractivity contribution in [1.82, 2.24) is 4.98 Å². The molecule has 2 aromatic rings. The molecule has 1 aromatic heterocycles. The van der Waals surface area contributed by atoms with Crippen LogP contribution in [-0.4, -0.2) is 12.0 Å². The Morgan fingerprint density at radius 2 is 1.89 bits per heavy atom. The van der Waals surface area contributed by atoms with Crippen LogP contribution in [0.4, 0.5) is 18.9 Å². The average molecular weight is 252 g/mol. The van der Waals surface area contributed by atoms with Crippen molar-refractivity contribution in [3.8, 4) is 0 Å². The maximum absolute atomic E-state index is 13.8. The van der Waals surface area contributed by atoms with Crippen molar-refractivity contribution in [2.75, 3.05) is 12.4 Å². The summed E-state index contributed by atoms with van der Waals surface area (Å²) >= 11 is 0. The molecular formula is C13H11F3N2. The van der Waals surface area contributed by atoms with E-state index in [1.54, 1.807) is 13.1 Å². The number of nitrogens with one attached hydrogen (secondary N) is 1. The van der Waals surface area contributed by atoms with Gasteiger partial charge in [0.2, 0.25) is 0 Å². The van der Waals surface area contributed by atoms with Gasteiger partial charge in [-0.1, -0.05) is 0 Å². The van der Waals surface area contributed by atoms with E-state index in [9.17, 15) is 13.2 Å². The van der Waals surface area contributed by atoms with Crippen molar-refractivity contribution < 1.29 is 13.2 Å². The lowest BCUT2D eigenvalue weighted by atomic mass is 10.1. The average Bonchev–Trinajstić information content (AvgIpc) is 3.18. The summed E-state index contributed by atoms with van der Waals surface area (Å²) in [5, 5.41) is 2.81. The van der Waals surface area contributed by atoms with E-state index in [0.717, 1.165) is 24.6 Å². The van der Waals surface area contributed by atoms with Gasteiger partial charge in [0.05, 0.1) is 10.9 Å². The molecule has 2 nitrogen and oxygen atoms in total. The molecule has 0 bridgehead atoms. The van der Waals surface area contributed by atoms with Gasteiger partial charge >= 0.3 is 0 Å². The maximum Gasteiger partial charge on any atom is 0.195 e. The number of nitrogens with zero attached hydrogens (tertiary/aromatic N) is 1. The Morgan fingerprint density at radius 1 is 1.17 bits per heavy atom. The highest BCUT2D eigenvalue weighted by Crippen LogP contribution is 2.41. The molecule has 18 heavy (non-hydrogen) atoms. The highest BCUT2D eigenvalue weighted by Gasteiger charge is 2.27. The Hall–Kier alpha value is -1.78. The van der Waals surface area contributed by atoms with Crippen LogP contribution >= 0.6 is 0 Å². The number of benzene rings is 1. The van der Waals surface area contributed by atoms with Gasteiger partial charge in [0.15, 0.2) is 17.5 Å². The zero-order valence-electron chi connectivity index (χ0n) is 9.73. The van der Waals surface area contributed by atoms with E-state index in [1.165, 1.54) is 0 Å². The van der Waals surface area contributed by atoms with E-state index in [0.29, 0.717) is 11.6 Å². The SMILES string of the molecule is CNc1cc(C2CC2)nc2cc(F)c(F)c(F)c12. The molecular weight excluding hydrogens is 241 g/mol. The first-order valence-electron chi connectivity index (χ1n) is 5.77. The van der Waals surface area contributed by atoms with Crippen LogP contribution in [0.15, 0.2) is 12.1 Å². The van der Waals surface area contributed by atoms with Crippen LogP contribution in [-0.2, 0) is 0 Å². The topological polar surface area (TPSA) is 24.9 Å². The number of pyridine rings is 1. The minimum absolute atomic E-state index is 0.000741. The van der Waals surface area contributed by atoms with Gasteiger partial charge in [0.1, 0.15) is 0 Å². The molecule has 1 N–H and O–H groups in total. The third-order valence-electron chi connectivity index (χ3n) is 3.22. The highest BCUT2D eigenvalue weighted by molar-refractivity contribution is 5.92. The van der Waals surface area contributed by atoms with E-state index in [4.69, 9.17) is 0 Å². The lowest BCUT2D eigenvalue weighted by molar-refractivity contribution is 0.453. The van der Waals surface area contributed by atoms with E-state index >= 15 is 0 Å². The summed E-state index contributed by atoms with van der Waals surface area (Å²) in [5.74, 6) is -3.50. The van der Waals surface area contributed by atoms with E-state index < -0.39 is 17.5 Å². The largest absolute Gasteiger partial charge is 0.387 e. The molecule has 0 amide bonds. The van der Waals surface area contributed by atoms with Crippen molar-refractivity contribution in [3.63, 3.8) is 0 Å². The molecule has 94 valence electrons. The second-order valence-electron chi connectivity index (χ2n) is 4.50. The summed E-state index contributed by atoms with van der Waals surface area (Å²) in [5.41, 5.74) is 1.40. The van der Waals surface area contributed by atoms with Gasteiger partial charge in [0.25, 0.3) is 0 Å². The molecule has 0 spiro atoms. The molecule has 1 heterocycles. The smallest absolute Gasteiger partial charge is 0.195 e. The van der Waals surface area contributed by atoms with Gasteiger partial charge in [-0.2, -0.15) is 0 Å². The minimum Gasteiger partial charge on any atom is -0.387 e. The second kappa shape index (κ2) is 3.86. The number of hydrogen-bond donors (Lipinski definition) is 1. The quantitative estimate of drug-likeness (QED) is 0.826. The van der Waals surface area contributed by atoms with Crippen molar-refractivity contribution in [2.24, 2.45) is 0 Å². The molecule has 3 rings (SSSR count). The van der Waals surface area contributed by atoms with Gasteiger partial charge < -0.3 is 5.32 Å². The van der Waals surface area contributed by atoms with Crippen LogP contribution in [0.2, 0.25) is 0 Å². The Morgan fingerprint density at radius 3 is 2.50 bits per heavy atom. The minimum atomic E-state index is -1.46. The van der Waals surface area contributed by atoms with Gasteiger partial charge in [-0.3, -0.25) is 4.98 Å². The van der Waals surface area contributed by atoms with Crippen LogP contribution in [0.3, 0.4) is 0 Å². The number of fused-ring (bicyclic) bond motifs is 1. The van der Waals surface area contributed by atoms with E-state index in [2.05, 4.69) is 10.3 Å². The van der Waals surface area contributed by atoms with Gasteiger partial charge in [-0.25, -0.2) is 13.2 Å². The molecule has 1 aliphatic rings. The third-order valence-corrected chi connectivity index (χ3v) is 3.22. The summed E-state index contributed by atoms with van der Waals surface area (Å²) in [6.07, 6.45) is 2.07. The molecule has 1 aliphatic carbocycles. The molecule has 0 aliphatic heterocycles. The number of rotatable bonds is 2. The molecule has 0 unspecified atom stereocenters. The Bertz CT molecular complexity index is 636. The van der Waals surface area contributed by atoms with Crippen LogP contribution in [0.25, 0.3) is 10.9 Å². The number of halogens is 3. The van der Waals surface area contributed by atoms with Crippen molar-refractivity contribution in [2.45, 2.75) is 18.8 Å². The number of anilines is 1. The summed E-state index contributed by atoms with van der Waals surface area (Å²) in [7, 11) is 1.62. The lowest BCUT2D eigenvalue weighted by Gasteiger charge is -2.10. The predicted octanol–water partition coefficient (Wildman–Crippen LogP) is 3.57. The monoisotopic (exact) mass is 252 g/mol. The van der Waals surface area contributed by atoms with Crippen LogP contribution < -0.4 is 5.32 Å². The van der Waals surface area contributed by atoms with Crippen molar-refractivity contribution >= 4 is 16.6 Å². The fraction of sp³-hybridized carbons (Fsp3) is 0.308. The normalized spacial score (nSPS) is 15.1. The van der Waals surface area contributed by atoms with Gasteiger partial charge in [-0.05, 0) is 18.9 Å². The predicted molar refractivity (Wildman–Crippen MR) is 63.1 cm³/mol. The van der Waals surface area contributed by atoms with Crippen molar-refractivity contribution in [3.05, 3.63) is 35.3 Å². The first kappa shape index (κ1) is 11.3. The van der Waals surface area contributed by atoms with Gasteiger partial charge in [-0.15, -0.1) is 0 Å². The Balaban J connectivity index is 2.35. The third kappa shape index (κ3) is 1.62. The molecule has 1 saturated carbocycles. The summed E-state index contributed by atoms with van der Waals surface area (Å²) in [6, 6.07) is 2.65. The summed E-state index contributed by atoms with van der Waals surface area (Å²) in [4.78, 5) is 4.22. The lowest BCUT2D eigenvalue weighted by Crippen LogP contribution is -2.01.